The van der Waals surface area contributed by atoms with E-state index < -0.39 is 10.0 Å². The fraction of sp³-hybridized carbons (Fsp3) is 0.250. The van der Waals surface area contributed by atoms with Crippen LogP contribution < -0.4 is 5.73 Å². The molecular formula is C16H20N2O2S. The predicted molar refractivity (Wildman–Crippen MR) is 85.4 cm³/mol. The van der Waals surface area contributed by atoms with Gasteiger partial charge in [0.15, 0.2) is 0 Å². The van der Waals surface area contributed by atoms with Gasteiger partial charge in [0.1, 0.15) is 0 Å². The van der Waals surface area contributed by atoms with E-state index in [1.54, 1.807) is 33.0 Å². The summed E-state index contributed by atoms with van der Waals surface area (Å²) in [4.78, 5) is 0.343. The second kappa shape index (κ2) is 5.87. The molecule has 2 N–H and O–H groups in total. The van der Waals surface area contributed by atoms with Crippen molar-refractivity contribution in [3.05, 3.63) is 59.2 Å². The van der Waals surface area contributed by atoms with E-state index in [-0.39, 0.29) is 0 Å². The first-order valence-corrected chi connectivity index (χ1v) is 8.13. The Morgan fingerprint density at radius 1 is 1.05 bits per heavy atom. The van der Waals surface area contributed by atoms with Gasteiger partial charge in [-0.1, -0.05) is 30.3 Å². The number of benzene rings is 2. The van der Waals surface area contributed by atoms with E-state index in [0.717, 1.165) is 5.56 Å². The van der Waals surface area contributed by atoms with E-state index in [1.165, 1.54) is 4.31 Å². The molecule has 0 amide bonds. The van der Waals surface area contributed by atoms with Gasteiger partial charge in [-0.15, -0.1) is 0 Å². The second-order valence-electron chi connectivity index (χ2n) is 5.23. The van der Waals surface area contributed by atoms with Gasteiger partial charge in [-0.05, 0) is 42.7 Å². The van der Waals surface area contributed by atoms with Gasteiger partial charge in [-0.3, -0.25) is 0 Å². The summed E-state index contributed by atoms with van der Waals surface area (Å²) in [5.74, 6) is 0. The monoisotopic (exact) mass is 304 g/mol. The zero-order valence-electron chi connectivity index (χ0n) is 12.5. The van der Waals surface area contributed by atoms with Crippen molar-refractivity contribution >= 4 is 15.7 Å². The van der Waals surface area contributed by atoms with Crippen molar-refractivity contribution in [2.24, 2.45) is 0 Å². The van der Waals surface area contributed by atoms with Crippen LogP contribution in [0.5, 0.6) is 0 Å². The molecular weight excluding hydrogens is 284 g/mol. The molecule has 0 saturated heterocycles. The van der Waals surface area contributed by atoms with Crippen LogP contribution in [-0.4, -0.2) is 19.8 Å². The van der Waals surface area contributed by atoms with Gasteiger partial charge >= 0.3 is 0 Å². The van der Waals surface area contributed by atoms with Crippen molar-refractivity contribution in [1.82, 2.24) is 4.31 Å². The molecule has 21 heavy (non-hydrogen) atoms. The standard InChI is InChI=1S/C16H20N2O2S/c1-12-9-15(17)10-13(2)16(12)21(19,20)18(3)11-14-7-5-4-6-8-14/h4-10H,11,17H2,1-3H3. The molecule has 2 aromatic rings. The molecule has 0 unspecified atom stereocenters. The van der Waals surface area contributed by atoms with Crippen LogP contribution >= 0.6 is 0 Å². The molecule has 5 heteroatoms. The van der Waals surface area contributed by atoms with Gasteiger partial charge in [-0.2, -0.15) is 4.31 Å². The lowest BCUT2D eigenvalue weighted by molar-refractivity contribution is 0.466. The van der Waals surface area contributed by atoms with Gasteiger partial charge in [0.05, 0.1) is 4.90 Å². The number of rotatable bonds is 4. The molecule has 0 fully saturated rings. The van der Waals surface area contributed by atoms with E-state index in [1.807, 2.05) is 30.3 Å². The van der Waals surface area contributed by atoms with E-state index in [2.05, 4.69) is 0 Å². The Bertz CT molecular complexity index is 717. The molecule has 0 aliphatic heterocycles. The maximum Gasteiger partial charge on any atom is 0.243 e. The lowest BCUT2D eigenvalue weighted by atomic mass is 10.1. The van der Waals surface area contributed by atoms with Crippen LogP contribution in [0, 0.1) is 13.8 Å². The van der Waals surface area contributed by atoms with Crippen molar-refractivity contribution in [3.63, 3.8) is 0 Å². The molecule has 2 rings (SSSR count). The molecule has 0 saturated carbocycles. The maximum atomic E-state index is 12.8. The minimum atomic E-state index is -3.54. The second-order valence-corrected chi connectivity index (χ2v) is 7.21. The SMILES string of the molecule is Cc1cc(N)cc(C)c1S(=O)(=O)N(C)Cc1ccccc1. The number of nitrogens with zero attached hydrogens (tertiary/aromatic N) is 1. The van der Waals surface area contributed by atoms with Crippen molar-refractivity contribution in [3.8, 4) is 0 Å². The number of anilines is 1. The molecule has 4 nitrogen and oxygen atoms in total. The average molecular weight is 304 g/mol. The summed E-state index contributed by atoms with van der Waals surface area (Å²) >= 11 is 0. The Labute approximate surface area is 126 Å². The lowest BCUT2D eigenvalue weighted by Crippen LogP contribution is -2.27. The van der Waals surface area contributed by atoms with E-state index >= 15 is 0 Å². The third-order valence-corrected chi connectivity index (χ3v) is 5.51. The van der Waals surface area contributed by atoms with Crippen molar-refractivity contribution in [2.45, 2.75) is 25.3 Å². The highest BCUT2D eigenvalue weighted by atomic mass is 32.2. The lowest BCUT2D eigenvalue weighted by Gasteiger charge is -2.20. The Hall–Kier alpha value is -1.85. The third-order valence-electron chi connectivity index (χ3n) is 3.40. The molecule has 0 radical (unpaired) electrons. The highest BCUT2D eigenvalue weighted by Gasteiger charge is 2.25. The fourth-order valence-corrected chi connectivity index (χ4v) is 4.03. The molecule has 112 valence electrons. The number of sulfonamides is 1. The molecule has 0 aromatic heterocycles. The number of nitrogens with two attached hydrogens (primary N) is 1. The van der Waals surface area contributed by atoms with Crippen LogP contribution in [0.2, 0.25) is 0 Å². The van der Waals surface area contributed by atoms with Crippen LogP contribution in [0.15, 0.2) is 47.4 Å². The summed E-state index contributed by atoms with van der Waals surface area (Å²) in [6.07, 6.45) is 0. The summed E-state index contributed by atoms with van der Waals surface area (Å²) in [5, 5.41) is 0. The molecule has 0 spiro atoms. The zero-order valence-corrected chi connectivity index (χ0v) is 13.3. The quantitative estimate of drug-likeness (QED) is 0.883. The minimum absolute atomic E-state index is 0.340. The first kappa shape index (κ1) is 15.5. The number of hydrogen-bond acceptors (Lipinski definition) is 3. The van der Waals surface area contributed by atoms with Crippen molar-refractivity contribution < 1.29 is 8.42 Å². The van der Waals surface area contributed by atoms with Crippen LogP contribution in [0.25, 0.3) is 0 Å². The largest absolute Gasteiger partial charge is 0.399 e. The van der Waals surface area contributed by atoms with E-state index in [4.69, 9.17) is 5.73 Å². The Morgan fingerprint density at radius 3 is 2.10 bits per heavy atom. The third kappa shape index (κ3) is 3.25. The topological polar surface area (TPSA) is 63.4 Å². The first-order chi connectivity index (χ1) is 9.82. The molecule has 0 aliphatic rings. The average Bonchev–Trinajstić information content (AvgIpc) is 2.38. The number of nitrogen functional groups attached to an aromatic ring is 1. The summed E-state index contributed by atoms with van der Waals surface area (Å²) in [6, 6.07) is 12.9. The smallest absolute Gasteiger partial charge is 0.243 e. The van der Waals surface area contributed by atoms with Crippen LogP contribution in [0.1, 0.15) is 16.7 Å². The van der Waals surface area contributed by atoms with Gasteiger partial charge in [0.2, 0.25) is 10.0 Å². The normalized spacial score (nSPS) is 11.8. The summed E-state index contributed by atoms with van der Waals surface area (Å²) < 4.78 is 26.9. The molecule has 0 bridgehead atoms. The predicted octanol–water partition coefficient (Wildman–Crippen LogP) is 2.71. The van der Waals surface area contributed by atoms with E-state index in [0.29, 0.717) is 28.3 Å². The summed E-state index contributed by atoms with van der Waals surface area (Å²) in [6.45, 7) is 3.88. The Morgan fingerprint density at radius 2 is 1.57 bits per heavy atom. The Kier molecular flexibility index (Phi) is 4.34. The van der Waals surface area contributed by atoms with Crippen LogP contribution in [0.4, 0.5) is 5.69 Å². The minimum Gasteiger partial charge on any atom is -0.399 e. The van der Waals surface area contributed by atoms with Crippen LogP contribution in [-0.2, 0) is 16.6 Å². The number of aryl methyl sites for hydroxylation is 2. The maximum absolute atomic E-state index is 12.8. The molecule has 0 atom stereocenters. The molecule has 0 heterocycles. The molecule has 0 aliphatic carbocycles. The van der Waals surface area contributed by atoms with Crippen molar-refractivity contribution in [1.29, 1.82) is 0 Å². The van der Waals surface area contributed by atoms with Crippen LogP contribution in [0.3, 0.4) is 0 Å². The first-order valence-electron chi connectivity index (χ1n) is 6.69. The van der Waals surface area contributed by atoms with Gasteiger partial charge in [0, 0.05) is 19.3 Å². The highest BCUT2D eigenvalue weighted by molar-refractivity contribution is 7.89. The van der Waals surface area contributed by atoms with Crippen molar-refractivity contribution in [2.75, 3.05) is 12.8 Å². The van der Waals surface area contributed by atoms with E-state index in [9.17, 15) is 8.42 Å². The van der Waals surface area contributed by atoms with Gasteiger partial charge in [-0.25, -0.2) is 8.42 Å². The Balaban J connectivity index is 2.38. The summed E-state index contributed by atoms with van der Waals surface area (Å²) in [7, 11) is -1.94. The van der Waals surface area contributed by atoms with Gasteiger partial charge in [0.25, 0.3) is 0 Å². The molecule has 2 aromatic carbocycles. The highest BCUT2D eigenvalue weighted by Crippen LogP contribution is 2.26. The number of hydrogen-bond donors (Lipinski definition) is 1. The summed E-state index contributed by atoms with van der Waals surface area (Å²) in [5.41, 5.74) is 8.64. The fourth-order valence-electron chi connectivity index (χ4n) is 2.47. The van der Waals surface area contributed by atoms with Gasteiger partial charge < -0.3 is 5.73 Å². The zero-order chi connectivity index (χ0) is 15.6.